The third-order valence-corrected chi connectivity index (χ3v) is 11.2. The van der Waals surface area contributed by atoms with Crippen LogP contribution in [-0.4, -0.2) is 38.3 Å². The highest BCUT2D eigenvalue weighted by Gasteiger charge is 2.53. The smallest absolute Gasteiger partial charge is 0.258 e. The molecular formula is C27H31BrN2O3S. The topological polar surface area (TPSA) is 57.7 Å². The number of sulfonamides is 1. The number of amides is 1. The van der Waals surface area contributed by atoms with Gasteiger partial charge in [0.25, 0.3) is 5.91 Å². The number of hydrogen-bond donors (Lipinski definition) is 0. The fourth-order valence-electron chi connectivity index (χ4n) is 6.39. The van der Waals surface area contributed by atoms with E-state index in [2.05, 4.69) is 28.9 Å². The third kappa shape index (κ3) is 3.66. The van der Waals surface area contributed by atoms with E-state index in [1.165, 1.54) is 31.2 Å². The number of benzene rings is 2. The molecule has 3 fully saturated rings. The maximum atomic E-state index is 13.8. The molecule has 4 aliphatic rings. The van der Waals surface area contributed by atoms with Crippen molar-refractivity contribution in [1.82, 2.24) is 4.31 Å². The molecule has 6 rings (SSSR count). The predicted molar refractivity (Wildman–Crippen MR) is 137 cm³/mol. The third-order valence-electron chi connectivity index (χ3n) is 8.86. The molecule has 2 spiro atoms. The van der Waals surface area contributed by atoms with E-state index in [0.29, 0.717) is 36.5 Å². The molecule has 1 atom stereocenters. The quantitative estimate of drug-likeness (QED) is 0.497. The van der Waals surface area contributed by atoms with Crippen molar-refractivity contribution in [3.63, 3.8) is 0 Å². The van der Waals surface area contributed by atoms with Gasteiger partial charge in [0.1, 0.15) is 0 Å². The number of anilines is 1. The van der Waals surface area contributed by atoms with Crippen LogP contribution in [0.1, 0.15) is 67.8 Å². The second-order valence-corrected chi connectivity index (χ2v) is 14.0. The van der Waals surface area contributed by atoms with Crippen LogP contribution in [0.15, 0.2) is 51.8 Å². The van der Waals surface area contributed by atoms with Gasteiger partial charge in [-0.1, -0.05) is 28.9 Å². The molecule has 0 radical (unpaired) electrons. The Labute approximate surface area is 210 Å². The molecule has 0 unspecified atom stereocenters. The van der Waals surface area contributed by atoms with E-state index in [4.69, 9.17) is 0 Å². The highest BCUT2D eigenvalue weighted by Crippen LogP contribution is 2.62. The number of carbonyl (C=O) groups excluding carboxylic acids is 1. The molecule has 1 saturated heterocycles. The van der Waals surface area contributed by atoms with Crippen LogP contribution in [0.3, 0.4) is 0 Å². The summed E-state index contributed by atoms with van der Waals surface area (Å²) in [5.41, 5.74) is 3.25. The van der Waals surface area contributed by atoms with Crippen LogP contribution in [0.2, 0.25) is 0 Å². The van der Waals surface area contributed by atoms with E-state index in [1.54, 1.807) is 28.6 Å². The molecular weight excluding hydrogens is 512 g/mol. The Bertz CT molecular complexity index is 1260. The fraction of sp³-hybridized carbons (Fsp3) is 0.519. The van der Waals surface area contributed by atoms with Crippen LogP contribution >= 0.6 is 15.9 Å². The molecule has 7 heteroatoms. The first kappa shape index (κ1) is 22.7. The SMILES string of the molecule is C[C@H]1CCN(S(=O)(=O)c2cccc(C(=O)N3CC4(CCC5(CC5)CC4)c4cc(Br)ccc43)c2)C1. The van der Waals surface area contributed by atoms with Gasteiger partial charge < -0.3 is 4.90 Å². The van der Waals surface area contributed by atoms with Crippen molar-refractivity contribution in [1.29, 1.82) is 0 Å². The van der Waals surface area contributed by atoms with Gasteiger partial charge in [-0.05, 0) is 98.2 Å². The minimum atomic E-state index is -3.59. The van der Waals surface area contributed by atoms with Crippen LogP contribution < -0.4 is 4.90 Å². The monoisotopic (exact) mass is 542 g/mol. The zero-order chi connectivity index (χ0) is 23.7. The largest absolute Gasteiger partial charge is 0.307 e. The molecule has 2 aromatic rings. The lowest BCUT2D eigenvalue weighted by Gasteiger charge is -2.38. The summed E-state index contributed by atoms with van der Waals surface area (Å²) in [6, 6.07) is 12.9. The van der Waals surface area contributed by atoms with Crippen molar-refractivity contribution in [3.8, 4) is 0 Å². The second-order valence-electron chi connectivity index (χ2n) is 11.1. The van der Waals surface area contributed by atoms with Gasteiger partial charge in [0.2, 0.25) is 10.0 Å². The summed E-state index contributed by atoms with van der Waals surface area (Å²) < 4.78 is 29.0. The highest BCUT2D eigenvalue weighted by molar-refractivity contribution is 9.10. The summed E-state index contributed by atoms with van der Waals surface area (Å²) in [6.45, 7) is 3.83. The number of carbonyl (C=O) groups is 1. The maximum Gasteiger partial charge on any atom is 0.258 e. The van der Waals surface area contributed by atoms with E-state index < -0.39 is 10.0 Å². The van der Waals surface area contributed by atoms with Crippen LogP contribution in [0.5, 0.6) is 0 Å². The Morgan fingerprint density at radius 2 is 1.76 bits per heavy atom. The Hall–Kier alpha value is -1.70. The lowest BCUT2D eigenvalue weighted by atomic mass is 9.66. The normalized spacial score (nSPS) is 25.1. The highest BCUT2D eigenvalue weighted by atomic mass is 79.9. The fourth-order valence-corrected chi connectivity index (χ4v) is 8.38. The van der Waals surface area contributed by atoms with Gasteiger partial charge in [-0.25, -0.2) is 8.42 Å². The van der Waals surface area contributed by atoms with Gasteiger partial charge in [0.15, 0.2) is 0 Å². The summed E-state index contributed by atoms with van der Waals surface area (Å²) in [5, 5.41) is 0. The predicted octanol–water partition coefficient (Wildman–Crippen LogP) is 5.73. The Morgan fingerprint density at radius 1 is 1.03 bits per heavy atom. The van der Waals surface area contributed by atoms with Gasteiger partial charge in [-0.2, -0.15) is 4.31 Å². The van der Waals surface area contributed by atoms with Crippen LogP contribution in [0, 0.1) is 11.3 Å². The van der Waals surface area contributed by atoms with Crippen molar-refractivity contribution in [2.75, 3.05) is 24.5 Å². The average Bonchev–Trinajstić information content (AvgIpc) is 3.32. The first-order valence-corrected chi connectivity index (χ1v) is 14.7. The molecule has 0 N–H and O–H groups in total. The van der Waals surface area contributed by atoms with Crippen LogP contribution in [0.4, 0.5) is 5.69 Å². The van der Waals surface area contributed by atoms with Crippen molar-refractivity contribution < 1.29 is 13.2 Å². The Balaban J connectivity index is 1.32. The van der Waals surface area contributed by atoms with Gasteiger partial charge >= 0.3 is 0 Å². The molecule has 34 heavy (non-hydrogen) atoms. The number of fused-ring (bicyclic) bond motifs is 2. The molecule has 0 bridgehead atoms. The molecule has 2 heterocycles. The number of nitrogens with zero attached hydrogens (tertiary/aromatic N) is 2. The van der Waals surface area contributed by atoms with E-state index in [-0.39, 0.29) is 16.2 Å². The standard InChI is InChI=1S/C27H31BrN2O3S/c1-19-7-14-29(17-19)34(32,33)22-4-2-3-20(15-22)25(31)30-18-27(12-10-26(8-9-26)11-13-27)23-16-21(28)5-6-24(23)30/h2-6,15-16,19H,7-14,17-18H2,1H3/t19-/m0/s1. The van der Waals surface area contributed by atoms with Gasteiger partial charge in [-0.3, -0.25) is 4.79 Å². The van der Waals surface area contributed by atoms with Crippen molar-refractivity contribution >= 4 is 37.5 Å². The lowest BCUT2D eigenvalue weighted by Crippen LogP contribution is -2.40. The molecule has 2 saturated carbocycles. The zero-order valence-electron chi connectivity index (χ0n) is 19.6. The number of halogens is 1. The minimum absolute atomic E-state index is 0.00199. The lowest BCUT2D eigenvalue weighted by molar-refractivity contribution is 0.0980. The first-order valence-electron chi connectivity index (χ1n) is 12.4. The molecule has 2 aliphatic heterocycles. The number of hydrogen-bond acceptors (Lipinski definition) is 3. The van der Waals surface area contributed by atoms with E-state index >= 15 is 0 Å². The molecule has 1 amide bonds. The molecule has 0 aromatic heterocycles. The average molecular weight is 544 g/mol. The molecule has 5 nitrogen and oxygen atoms in total. The number of rotatable bonds is 3. The Kier molecular flexibility index (Phi) is 5.29. The second kappa shape index (κ2) is 7.90. The van der Waals surface area contributed by atoms with Crippen LogP contribution in [0.25, 0.3) is 0 Å². The molecule has 2 aliphatic carbocycles. The minimum Gasteiger partial charge on any atom is -0.307 e. The summed E-state index contributed by atoms with van der Waals surface area (Å²) in [5.74, 6) is 0.250. The van der Waals surface area contributed by atoms with E-state index in [0.717, 1.165) is 29.4 Å². The Morgan fingerprint density at radius 3 is 2.44 bits per heavy atom. The molecule has 180 valence electrons. The summed E-state index contributed by atoms with van der Waals surface area (Å²) in [6.07, 6.45) is 8.29. The molecule has 2 aromatic carbocycles. The summed E-state index contributed by atoms with van der Waals surface area (Å²) in [7, 11) is -3.59. The van der Waals surface area contributed by atoms with E-state index in [1.807, 2.05) is 17.0 Å². The van der Waals surface area contributed by atoms with Crippen molar-refractivity contribution in [2.24, 2.45) is 11.3 Å². The summed E-state index contributed by atoms with van der Waals surface area (Å²) in [4.78, 5) is 15.9. The van der Waals surface area contributed by atoms with Crippen LogP contribution in [-0.2, 0) is 15.4 Å². The van der Waals surface area contributed by atoms with Gasteiger partial charge in [0.05, 0.1) is 4.90 Å². The zero-order valence-corrected chi connectivity index (χ0v) is 22.0. The van der Waals surface area contributed by atoms with E-state index in [9.17, 15) is 13.2 Å². The van der Waals surface area contributed by atoms with Crippen molar-refractivity contribution in [2.45, 2.75) is 62.2 Å². The van der Waals surface area contributed by atoms with Crippen molar-refractivity contribution in [3.05, 3.63) is 58.1 Å². The maximum absolute atomic E-state index is 13.8. The summed E-state index contributed by atoms with van der Waals surface area (Å²) >= 11 is 3.64. The van der Waals surface area contributed by atoms with Gasteiger partial charge in [0, 0.05) is 40.8 Å². The van der Waals surface area contributed by atoms with Gasteiger partial charge in [-0.15, -0.1) is 0 Å². The first-order chi connectivity index (χ1) is 16.2.